The van der Waals surface area contributed by atoms with E-state index >= 15 is 0 Å². The summed E-state index contributed by atoms with van der Waals surface area (Å²) in [4.78, 5) is 0. The monoisotopic (exact) mass is 434 g/mol. The summed E-state index contributed by atoms with van der Waals surface area (Å²) in [6, 6.07) is 13.2. The second-order valence-electron chi connectivity index (χ2n) is 8.15. The molecule has 2 fully saturated rings. The van der Waals surface area contributed by atoms with Gasteiger partial charge < -0.3 is 29.9 Å². The highest BCUT2D eigenvalue weighted by Crippen LogP contribution is 2.54. The fourth-order valence-corrected chi connectivity index (χ4v) is 4.87. The van der Waals surface area contributed by atoms with Gasteiger partial charge in [-0.25, -0.2) is 0 Å². The summed E-state index contributed by atoms with van der Waals surface area (Å²) < 4.78 is 11.6. The van der Waals surface area contributed by atoms with Gasteiger partial charge in [0.1, 0.15) is 35.3 Å². The number of hydrogen-bond donors (Lipinski definition) is 4. The number of aliphatic hydroxyl groups excluding tert-OH is 4. The Hall–Kier alpha value is -1.67. The Morgan fingerprint density at radius 3 is 2.47 bits per heavy atom. The van der Waals surface area contributed by atoms with E-state index in [1.807, 2.05) is 37.3 Å². The summed E-state index contributed by atoms with van der Waals surface area (Å²) >= 11 is 6.45. The van der Waals surface area contributed by atoms with Crippen LogP contribution in [0.25, 0.3) is 0 Å². The lowest BCUT2D eigenvalue weighted by Crippen LogP contribution is -2.64. The molecule has 0 aliphatic carbocycles. The SMILES string of the molecule is CCOc1ccc(Cc2cc([C@]34CC[C@](CO)(O3)C(O)[C@H](O)C4O)ccc2Cl)cc1. The second kappa shape index (κ2) is 8.11. The molecule has 6 nitrogen and oxygen atoms in total. The molecule has 4 N–H and O–H groups in total. The fraction of sp³-hybridized carbons (Fsp3) is 0.478. The molecule has 2 aromatic rings. The molecule has 0 amide bonds. The average Bonchev–Trinajstić information content (AvgIpc) is 3.14. The van der Waals surface area contributed by atoms with Gasteiger partial charge in [0, 0.05) is 5.02 Å². The number of halogens is 1. The fourth-order valence-electron chi connectivity index (χ4n) is 4.68. The minimum absolute atomic E-state index is 0.329. The standard InChI is InChI=1S/C23H27ClO6/c1-2-29-17-6-3-14(4-7-17)11-15-12-16(5-8-18(15)24)23-10-9-22(13-25,30-23)20(27)19(26)21(23)28/h3-8,12,19-21,25-28H,2,9-11,13H2,1H3/t19-,20?,21?,22+,23-/m0/s1. The van der Waals surface area contributed by atoms with Gasteiger partial charge in [0.2, 0.25) is 0 Å². The van der Waals surface area contributed by atoms with Crippen molar-refractivity contribution in [1.82, 2.24) is 0 Å². The van der Waals surface area contributed by atoms with E-state index in [9.17, 15) is 20.4 Å². The summed E-state index contributed by atoms with van der Waals surface area (Å²) in [7, 11) is 0. The second-order valence-corrected chi connectivity index (χ2v) is 8.56. The van der Waals surface area contributed by atoms with E-state index in [1.54, 1.807) is 12.1 Å². The Morgan fingerprint density at radius 1 is 1.07 bits per heavy atom. The molecule has 0 aromatic heterocycles. The first-order chi connectivity index (χ1) is 14.3. The van der Waals surface area contributed by atoms with Crippen LogP contribution in [0.2, 0.25) is 5.02 Å². The van der Waals surface area contributed by atoms with Gasteiger partial charge in [0.25, 0.3) is 0 Å². The summed E-state index contributed by atoms with van der Waals surface area (Å²) in [6.45, 7) is 2.10. The molecule has 2 saturated heterocycles. The van der Waals surface area contributed by atoms with Gasteiger partial charge in [-0.05, 0) is 61.1 Å². The van der Waals surface area contributed by atoms with Gasteiger partial charge in [-0.2, -0.15) is 0 Å². The van der Waals surface area contributed by atoms with E-state index in [1.165, 1.54) is 0 Å². The summed E-state index contributed by atoms with van der Waals surface area (Å²) in [5.41, 5.74) is 0.0755. The van der Waals surface area contributed by atoms with Crippen molar-refractivity contribution in [2.45, 2.75) is 55.7 Å². The molecule has 4 rings (SSSR count). The molecule has 7 heteroatoms. The third-order valence-corrected chi connectivity index (χ3v) is 6.77. The predicted molar refractivity (Wildman–Crippen MR) is 112 cm³/mol. The zero-order valence-electron chi connectivity index (χ0n) is 16.8. The number of ether oxygens (including phenoxy) is 2. The number of benzene rings is 2. The van der Waals surface area contributed by atoms with Gasteiger partial charge in [-0.15, -0.1) is 0 Å². The van der Waals surface area contributed by atoms with Crippen LogP contribution in [0.1, 0.15) is 36.5 Å². The third-order valence-electron chi connectivity index (χ3n) is 6.40. The molecule has 2 bridgehead atoms. The van der Waals surface area contributed by atoms with Crippen LogP contribution in [0.3, 0.4) is 0 Å². The molecule has 162 valence electrons. The maximum absolute atomic E-state index is 10.8. The van der Waals surface area contributed by atoms with Gasteiger partial charge in [0.15, 0.2) is 0 Å². The van der Waals surface area contributed by atoms with Crippen molar-refractivity contribution in [1.29, 1.82) is 0 Å². The minimum Gasteiger partial charge on any atom is -0.494 e. The number of rotatable bonds is 6. The topological polar surface area (TPSA) is 99.4 Å². The molecule has 0 radical (unpaired) electrons. The molecule has 0 saturated carbocycles. The van der Waals surface area contributed by atoms with Crippen molar-refractivity contribution in [2.75, 3.05) is 13.2 Å². The first-order valence-electron chi connectivity index (χ1n) is 10.2. The highest BCUT2D eigenvalue weighted by atomic mass is 35.5. The Morgan fingerprint density at radius 2 is 1.80 bits per heavy atom. The predicted octanol–water partition coefficient (Wildman–Crippen LogP) is 2.16. The summed E-state index contributed by atoms with van der Waals surface area (Å²) in [6.07, 6.45) is -2.83. The van der Waals surface area contributed by atoms with Crippen molar-refractivity contribution in [3.05, 3.63) is 64.2 Å². The lowest BCUT2D eigenvalue weighted by atomic mass is 9.80. The van der Waals surface area contributed by atoms with Crippen molar-refractivity contribution >= 4 is 11.6 Å². The van der Waals surface area contributed by atoms with Crippen LogP contribution in [-0.2, 0) is 16.8 Å². The highest BCUT2D eigenvalue weighted by molar-refractivity contribution is 6.31. The zero-order chi connectivity index (χ0) is 21.5. The molecule has 2 aliphatic heterocycles. The van der Waals surface area contributed by atoms with Crippen LogP contribution < -0.4 is 4.74 Å². The molecule has 5 atom stereocenters. The van der Waals surface area contributed by atoms with Gasteiger partial charge in [0.05, 0.1) is 13.2 Å². The lowest BCUT2D eigenvalue weighted by Gasteiger charge is -2.48. The van der Waals surface area contributed by atoms with Crippen molar-refractivity contribution < 1.29 is 29.9 Å². The van der Waals surface area contributed by atoms with E-state index in [0.717, 1.165) is 16.9 Å². The van der Waals surface area contributed by atoms with Crippen LogP contribution in [0.5, 0.6) is 5.75 Å². The Balaban J connectivity index is 1.66. The molecule has 2 aliphatic rings. The summed E-state index contributed by atoms with van der Waals surface area (Å²) in [5, 5.41) is 42.1. The van der Waals surface area contributed by atoms with Crippen LogP contribution in [-0.4, -0.2) is 57.6 Å². The first-order valence-corrected chi connectivity index (χ1v) is 10.6. The lowest BCUT2D eigenvalue weighted by molar-refractivity contribution is -0.289. The summed E-state index contributed by atoms with van der Waals surface area (Å²) in [5.74, 6) is 0.803. The van der Waals surface area contributed by atoms with Crippen LogP contribution >= 0.6 is 11.6 Å². The van der Waals surface area contributed by atoms with Crippen molar-refractivity contribution in [3.8, 4) is 5.75 Å². The molecular weight excluding hydrogens is 408 g/mol. The molecule has 2 unspecified atom stereocenters. The smallest absolute Gasteiger partial charge is 0.123 e. The largest absolute Gasteiger partial charge is 0.494 e. The Labute approximate surface area is 180 Å². The minimum atomic E-state index is -1.42. The third kappa shape index (κ3) is 3.42. The van der Waals surface area contributed by atoms with E-state index in [0.29, 0.717) is 36.5 Å². The Kier molecular flexibility index (Phi) is 5.83. The maximum Gasteiger partial charge on any atom is 0.123 e. The van der Waals surface area contributed by atoms with E-state index in [2.05, 4.69) is 0 Å². The highest BCUT2D eigenvalue weighted by Gasteiger charge is 2.65. The quantitative estimate of drug-likeness (QED) is 0.556. The number of fused-ring (bicyclic) bond motifs is 2. The van der Waals surface area contributed by atoms with E-state index in [-0.39, 0.29) is 0 Å². The maximum atomic E-state index is 10.8. The van der Waals surface area contributed by atoms with E-state index in [4.69, 9.17) is 21.1 Å². The number of hydrogen-bond acceptors (Lipinski definition) is 6. The van der Waals surface area contributed by atoms with Crippen LogP contribution in [0.4, 0.5) is 0 Å². The number of aliphatic hydroxyl groups is 4. The van der Waals surface area contributed by atoms with Crippen molar-refractivity contribution in [2.24, 2.45) is 0 Å². The zero-order valence-corrected chi connectivity index (χ0v) is 17.5. The van der Waals surface area contributed by atoms with Gasteiger partial charge >= 0.3 is 0 Å². The van der Waals surface area contributed by atoms with Crippen LogP contribution in [0, 0.1) is 0 Å². The molecule has 0 spiro atoms. The molecule has 2 aromatic carbocycles. The molecular formula is C23H27ClO6. The first kappa shape index (κ1) is 21.6. The van der Waals surface area contributed by atoms with E-state index < -0.39 is 36.1 Å². The van der Waals surface area contributed by atoms with Crippen LogP contribution in [0.15, 0.2) is 42.5 Å². The molecule has 30 heavy (non-hydrogen) atoms. The van der Waals surface area contributed by atoms with Crippen molar-refractivity contribution in [3.63, 3.8) is 0 Å². The molecule has 2 heterocycles. The normalized spacial score (nSPS) is 32.9. The average molecular weight is 435 g/mol. The Bertz CT molecular complexity index is 903. The van der Waals surface area contributed by atoms with Gasteiger partial charge in [-0.3, -0.25) is 0 Å². The van der Waals surface area contributed by atoms with Gasteiger partial charge in [-0.1, -0.05) is 35.9 Å².